The molecule has 0 saturated heterocycles. The number of sulfonamides is 1. The van der Waals surface area contributed by atoms with Gasteiger partial charge in [0.15, 0.2) is 0 Å². The predicted molar refractivity (Wildman–Crippen MR) is 87.3 cm³/mol. The lowest BCUT2D eigenvalue weighted by atomic mass is 10.0. The van der Waals surface area contributed by atoms with Gasteiger partial charge in [-0.25, -0.2) is 8.42 Å². The molecule has 2 aromatic carbocycles. The molecule has 5 nitrogen and oxygen atoms in total. The highest BCUT2D eigenvalue weighted by Gasteiger charge is 2.34. The third-order valence-electron chi connectivity index (χ3n) is 3.79. The summed E-state index contributed by atoms with van der Waals surface area (Å²) in [7, 11) is -3.35. The number of hydrogen-bond acceptors (Lipinski definition) is 4. The molecule has 1 aliphatic carbocycles. The summed E-state index contributed by atoms with van der Waals surface area (Å²) in [5.41, 5.74) is 8.87. The van der Waals surface area contributed by atoms with E-state index in [1.165, 1.54) is 17.7 Å². The van der Waals surface area contributed by atoms with Crippen molar-refractivity contribution in [1.82, 2.24) is 0 Å². The van der Waals surface area contributed by atoms with Gasteiger partial charge in [-0.15, -0.1) is 0 Å². The van der Waals surface area contributed by atoms with Crippen LogP contribution in [0.25, 0.3) is 11.1 Å². The van der Waals surface area contributed by atoms with E-state index in [0.29, 0.717) is 17.2 Å². The van der Waals surface area contributed by atoms with Crippen molar-refractivity contribution in [2.75, 3.05) is 11.0 Å². The number of benzene rings is 2. The summed E-state index contributed by atoms with van der Waals surface area (Å²) in [5, 5.41) is 10.0. The van der Waals surface area contributed by atoms with Gasteiger partial charge < -0.3 is 10.8 Å². The van der Waals surface area contributed by atoms with Gasteiger partial charge in [0.2, 0.25) is 10.0 Å². The number of nitrogens with two attached hydrogens (primary N) is 1. The van der Waals surface area contributed by atoms with E-state index in [-0.39, 0.29) is 11.8 Å². The van der Waals surface area contributed by atoms with Crippen molar-refractivity contribution in [2.24, 2.45) is 5.73 Å². The van der Waals surface area contributed by atoms with Crippen molar-refractivity contribution >= 4 is 15.7 Å². The molecule has 6 heteroatoms. The molecule has 0 amide bonds. The molecule has 22 heavy (non-hydrogen) atoms. The summed E-state index contributed by atoms with van der Waals surface area (Å²) in [6.45, 7) is 0. The Morgan fingerprint density at radius 3 is 2.36 bits per heavy atom. The maximum Gasteiger partial charge on any atom is 0.229 e. The predicted octanol–water partition coefficient (Wildman–Crippen LogP) is 2.25. The highest BCUT2D eigenvalue weighted by Crippen LogP contribution is 2.40. The summed E-state index contributed by atoms with van der Waals surface area (Å²) < 4.78 is 25.0. The first kappa shape index (κ1) is 14.9. The van der Waals surface area contributed by atoms with Crippen LogP contribution in [-0.2, 0) is 10.0 Å². The molecule has 2 atom stereocenters. The zero-order valence-electron chi connectivity index (χ0n) is 12.2. The van der Waals surface area contributed by atoms with Crippen LogP contribution in [0.5, 0.6) is 5.75 Å². The number of hydrogen-bond donors (Lipinski definition) is 3. The Labute approximate surface area is 129 Å². The maximum absolute atomic E-state index is 11.3. The first-order valence-corrected chi connectivity index (χ1v) is 8.89. The standard InChI is InChI=1S/C16H18N2O3S/c1-22(20,21)18-12-6-7-16(19)14(8-12)11-4-2-10(3-5-11)13-9-15(13)17/h2-8,13,15,18-19H,9,17H2,1H3/t13-,15+/m0/s1. The van der Waals surface area contributed by atoms with E-state index in [9.17, 15) is 13.5 Å². The lowest BCUT2D eigenvalue weighted by Gasteiger charge is -2.10. The summed E-state index contributed by atoms with van der Waals surface area (Å²) >= 11 is 0. The van der Waals surface area contributed by atoms with Crippen LogP contribution in [0, 0.1) is 0 Å². The number of phenolic OH excluding ortho intramolecular Hbond substituents is 1. The molecule has 0 heterocycles. The van der Waals surface area contributed by atoms with Crippen LogP contribution in [-0.4, -0.2) is 25.8 Å². The second-order valence-corrected chi connectivity index (χ2v) is 7.48. The van der Waals surface area contributed by atoms with Crippen molar-refractivity contribution < 1.29 is 13.5 Å². The first-order valence-electron chi connectivity index (χ1n) is 7.00. The molecule has 3 rings (SSSR count). The molecule has 1 saturated carbocycles. The Hall–Kier alpha value is -2.05. The summed E-state index contributed by atoms with van der Waals surface area (Å²) in [5.74, 6) is 0.538. The van der Waals surface area contributed by atoms with Crippen LogP contribution in [0.15, 0.2) is 42.5 Å². The molecule has 0 aromatic heterocycles. The third-order valence-corrected chi connectivity index (χ3v) is 4.40. The number of anilines is 1. The maximum atomic E-state index is 11.3. The highest BCUT2D eigenvalue weighted by atomic mass is 32.2. The van der Waals surface area contributed by atoms with Crippen molar-refractivity contribution in [3.63, 3.8) is 0 Å². The van der Waals surface area contributed by atoms with Crippen molar-refractivity contribution in [3.05, 3.63) is 48.0 Å². The van der Waals surface area contributed by atoms with Crippen LogP contribution < -0.4 is 10.5 Å². The molecule has 2 aromatic rings. The monoisotopic (exact) mass is 318 g/mol. The van der Waals surface area contributed by atoms with Gasteiger partial charge in [0.25, 0.3) is 0 Å². The average molecular weight is 318 g/mol. The van der Waals surface area contributed by atoms with Gasteiger partial charge in [-0.1, -0.05) is 24.3 Å². The first-order chi connectivity index (χ1) is 10.3. The topological polar surface area (TPSA) is 92.4 Å². The van der Waals surface area contributed by atoms with E-state index in [0.717, 1.165) is 18.2 Å². The second kappa shape index (κ2) is 5.30. The number of nitrogens with one attached hydrogen (secondary N) is 1. The van der Waals surface area contributed by atoms with Crippen molar-refractivity contribution in [3.8, 4) is 16.9 Å². The fourth-order valence-electron chi connectivity index (χ4n) is 2.55. The number of aromatic hydroxyl groups is 1. The van der Waals surface area contributed by atoms with Gasteiger partial charge in [0.1, 0.15) is 5.75 Å². The van der Waals surface area contributed by atoms with Gasteiger partial charge in [0, 0.05) is 23.2 Å². The van der Waals surface area contributed by atoms with Crippen LogP contribution in [0.2, 0.25) is 0 Å². The smallest absolute Gasteiger partial charge is 0.229 e. The Morgan fingerprint density at radius 1 is 1.18 bits per heavy atom. The minimum atomic E-state index is -3.35. The molecule has 0 bridgehead atoms. The average Bonchev–Trinajstić information content (AvgIpc) is 3.17. The van der Waals surface area contributed by atoms with E-state index in [4.69, 9.17) is 5.73 Å². The van der Waals surface area contributed by atoms with E-state index < -0.39 is 10.0 Å². The molecule has 0 aliphatic heterocycles. The third kappa shape index (κ3) is 3.23. The number of rotatable bonds is 4. The Morgan fingerprint density at radius 2 is 1.82 bits per heavy atom. The van der Waals surface area contributed by atoms with E-state index in [2.05, 4.69) is 4.72 Å². The fraction of sp³-hybridized carbons (Fsp3) is 0.250. The van der Waals surface area contributed by atoms with Gasteiger partial charge in [-0.3, -0.25) is 4.72 Å². The largest absolute Gasteiger partial charge is 0.507 e. The molecule has 116 valence electrons. The van der Waals surface area contributed by atoms with Crippen LogP contribution in [0.1, 0.15) is 17.9 Å². The minimum Gasteiger partial charge on any atom is -0.507 e. The van der Waals surface area contributed by atoms with Gasteiger partial charge >= 0.3 is 0 Å². The second-order valence-electron chi connectivity index (χ2n) is 5.73. The van der Waals surface area contributed by atoms with Gasteiger partial charge in [-0.2, -0.15) is 0 Å². The van der Waals surface area contributed by atoms with Crippen LogP contribution in [0.3, 0.4) is 0 Å². The number of phenols is 1. The fourth-order valence-corrected chi connectivity index (χ4v) is 3.11. The molecule has 4 N–H and O–H groups in total. The summed E-state index contributed by atoms with van der Waals surface area (Å²) in [6, 6.07) is 12.7. The molecular formula is C16H18N2O3S. The Kier molecular flexibility index (Phi) is 3.58. The van der Waals surface area contributed by atoms with Crippen LogP contribution in [0.4, 0.5) is 5.69 Å². The quantitative estimate of drug-likeness (QED) is 0.754. The van der Waals surface area contributed by atoms with Crippen molar-refractivity contribution in [2.45, 2.75) is 18.4 Å². The Balaban J connectivity index is 1.91. The lowest BCUT2D eigenvalue weighted by molar-refractivity contribution is 0.477. The molecule has 1 fully saturated rings. The Bertz CT molecular complexity index is 801. The lowest BCUT2D eigenvalue weighted by Crippen LogP contribution is -2.09. The molecular weight excluding hydrogens is 300 g/mol. The summed E-state index contributed by atoms with van der Waals surface area (Å²) in [6.07, 6.45) is 2.10. The molecule has 1 aliphatic rings. The zero-order valence-corrected chi connectivity index (χ0v) is 13.0. The zero-order chi connectivity index (χ0) is 15.9. The van der Waals surface area contributed by atoms with Gasteiger partial charge in [0.05, 0.1) is 6.26 Å². The molecule has 0 radical (unpaired) electrons. The SMILES string of the molecule is CS(=O)(=O)Nc1ccc(O)c(-c2ccc([C@@H]3C[C@H]3N)cc2)c1. The molecule has 0 spiro atoms. The van der Waals surface area contributed by atoms with E-state index >= 15 is 0 Å². The minimum absolute atomic E-state index is 0.106. The van der Waals surface area contributed by atoms with Gasteiger partial charge in [-0.05, 0) is 35.7 Å². The van der Waals surface area contributed by atoms with E-state index in [1.54, 1.807) is 6.07 Å². The molecule has 0 unspecified atom stereocenters. The van der Waals surface area contributed by atoms with E-state index in [1.807, 2.05) is 24.3 Å². The normalized spacial score (nSPS) is 20.6. The highest BCUT2D eigenvalue weighted by molar-refractivity contribution is 7.92. The van der Waals surface area contributed by atoms with Crippen LogP contribution >= 0.6 is 0 Å². The summed E-state index contributed by atoms with van der Waals surface area (Å²) in [4.78, 5) is 0. The van der Waals surface area contributed by atoms with Crippen molar-refractivity contribution in [1.29, 1.82) is 0 Å².